The highest BCUT2D eigenvalue weighted by Crippen LogP contribution is 2.31. The Hall–Kier alpha value is -1.75. The van der Waals surface area contributed by atoms with Crippen LogP contribution in [0.4, 0.5) is 11.4 Å². The van der Waals surface area contributed by atoms with Gasteiger partial charge in [0.1, 0.15) is 12.5 Å². The highest BCUT2D eigenvalue weighted by atomic mass is 16.5. The van der Waals surface area contributed by atoms with Crippen LogP contribution in [-0.4, -0.2) is 25.9 Å². The molecule has 1 amide bonds. The standard InChI is InChI=1S/C11H14N2O3/c1-7-11(14)13-9-5-8(12-6-15-2)3-4-10(9)16-7/h3-5,7,12H,6H2,1-2H3,(H,13,14). The average molecular weight is 222 g/mol. The van der Waals surface area contributed by atoms with Crippen molar-refractivity contribution in [2.45, 2.75) is 13.0 Å². The zero-order chi connectivity index (χ0) is 11.5. The molecular formula is C11H14N2O3. The molecule has 16 heavy (non-hydrogen) atoms. The normalized spacial score (nSPS) is 18.4. The maximum Gasteiger partial charge on any atom is 0.265 e. The third-order valence-corrected chi connectivity index (χ3v) is 2.33. The van der Waals surface area contributed by atoms with Crippen molar-refractivity contribution >= 4 is 17.3 Å². The van der Waals surface area contributed by atoms with Crippen molar-refractivity contribution < 1.29 is 14.3 Å². The molecule has 5 heteroatoms. The molecule has 0 fully saturated rings. The highest BCUT2D eigenvalue weighted by molar-refractivity contribution is 5.98. The van der Waals surface area contributed by atoms with Gasteiger partial charge in [-0.1, -0.05) is 0 Å². The molecule has 2 rings (SSSR count). The lowest BCUT2D eigenvalue weighted by Crippen LogP contribution is -2.34. The molecule has 1 unspecified atom stereocenters. The van der Waals surface area contributed by atoms with Crippen LogP contribution in [0.25, 0.3) is 0 Å². The third-order valence-electron chi connectivity index (χ3n) is 2.33. The summed E-state index contributed by atoms with van der Waals surface area (Å²) in [5.74, 6) is 0.562. The first-order valence-electron chi connectivity index (χ1n) is 5.05. The summed E-state index contributed by atoms with van der Waals surface area (Å²) in [4.78, 5) is 11.4. The van der Waals surface area contributed by atoms with Crippen molar-refractivity contribution in [1.82, 2.24) is 0 Å². The summed E-state index contributed by atoms with van der Waals surface area (Å²) in [5.41, 5.74) is 1.56. The molecule has 0 saturated heterocycles. The zero-order valence-electron chi connectivity index (χ0n) is 9.24. The molecular weight excluding hydrogens is 208 g/mol. The number of nitrogens with one attached hydrogen (secondary N) is 2. The van der Waals surface area contributed by atoms with Crippen LogP contribution >= 0.6 is 0 Å². The van der Waals surface area contributed by atoms with Gasteiger partial charge in [0.15, 0.2) is 6.10 Å². The Bertz CT molecular complexity index is 406. The molecule has 1 atom stereocenters. The van der Waals surface area contributed by atoms with Gasteiger partial charge in [0.2, 0.25) is 0 Å². The van der Waals surface area contributed by atoms with Crippen molar-refractivity contribution in [3.8, 4) is 5.75 Å². The number of rotatable bonds is 3. The number of carbonyl (C=O) groups excluding carboxylic acids is 1. The van der Waals surface area contributed by atoms with Crippen LogP contribution in [-0.2, 0) is 9.53 Å². The van der Waals surface area contributed by atoms with E-state index in [4.69, 9.17) is 9.47 Å². The van der Waals surface area contributed by atoms with Crippen LogP contribution in [0.3, 0.4) is 0 Å². The quantitative estimate of drug-likeness (QED) is 0.759. The molecule has 1 aromatic carbocycles. The van der Waals surface area contributed by atoms with E-state index in [1.165, 1.54) is 0 Å². The van der Waals surface area contributed by atoms with Gasteiger partial charge in [0.05, 0.1) is 5.69 Å². The first-order chi connectivity index (χ1) is 7.70. The maximum absolute atomic E-state index is 11.4. The predicted octanol–water partition coefficient (Wildman–Crippen LogP) is 1.42. The molecule has 0 radical (unpaired) electrons. The Labute approximate surface area is 93.7 Å². The zero-order valence-corrected chi connectivity index (χ0v) is 9.24. The third kappa shape index (κ3) is 2.09. The first-order valence-corrected chi connectivity index (χ1v) is 5.05. The van der Waals surface area contributed by atoms with Crippen LogP contribution in [0.2, 0.25) is 0 Å². The van der Waals surface area contributed by atoms with Crippen LogP contribution in [0.5, 0.6) is 5.75 Å². The van der Waals surface area contributed by atoms with Crippen LogP contribution in [0.1, 0.15) is 6.92 Å². The molecule has 2 N–H and O–H groups in total. The second kappa shape index (κ2) is 4.40. The molecule has 0 saturated carbocycles. The minimum Gasteiger partial charge on any atom is -0.479 e. The van der Waals surface area contributed by atoms with E-state index in [0.29, 0.717) is 18.2 Å². The number of fused-ring (bicyclic) bond motifs is 1. The lowest BCUT2D eigenvalue weighted by molar-refractivity contribution is -0.122. The van der Waals surface area contributed by atoms with Gasteiger partial charge in [0, 0.05) is 12.8 Å². The number of ether oxygens (including phenoxy) is 2. The van der Waals surface area contributed by atoms with E-state index in [-0.39, 0.29) is 5.91 Å². The Morgan fingerprint density at radius 2 is 2.38 bits per heavy atom. The van der Waals surface area contributed by atoms with Gasteiger partial charge in [-0.3, -0.25) is 4.79 Å². The van der Waals surface area contributed by atoms with Gasteiger partial charge in [0.25, 0.3) is 5.91 Å². The van der Waals surface area contributed by atoms with E-state index in [2.05, 4.69) is 10.6 Å². The van der Waals surface area contributed by atoms with Crippen molar-refractivity contribution in [2.75, 3.05) is 24.5 Å². The van der Waals surface area contributed by atoms with Gasteiger partial charge >= 0.3 is 0 Å². The number of methoxy groups -OCH3 is 1. The van der Waals surface area contributed by atoms with Crippen molar-refractivity contribution in [2.24, 2.45) is 0 Å². The van der Waals surface area contributed by atoms with E-state index in [0.717, 1.165) is 5.69 Å². The second-order valence-electron chi connectivity index (χ2n) is 3.57. The molecule has 0 spiro atoms. The molecule has 0 aliphatic carbocycles. The van der Waals surface area contributed by atoms with Gasteiger partial charge in [-0.05, 0) is 25.1 Å². The predicted molar refractivity (Wildman–Crippen MR) is 60.7 cm³/mol. The summed E-state index contributed by atoms with van der Waals surface area (Å²) in [5, 5.41) is 5.82. The largest absolute Gasteiger partial charge is 0.479 e. The van der Waals surface area contributed by atoms with E-state index in [1.807, 2.05) is 18.2 Å². The fraction of sp³-hybridized carbons (Fsp3) is 0.364. The Morgan fingerprint density at radius 1 is 1.56 bits per heavy atom. The van der Waals surface area contributed by atoms with Crippen molar-refractivity contribution in [1.29, 1.82) is 0 Å². The SMILES string of the molecule is COCNc1ccc2c(c1)NC(=O)C(C)O2. The minimum absolute atomic E-state index is 0.128. The molecule has 0 bridgehead atoms. The van der Waals surface area contributed by atoms with Crippen LogP contribution in [0, 0.1) is 0 Å². The number of hydrogen-bond donors (Lipinski definition) is 2. The number of anilines is 2. The lowest BCUT2D eigenvalue weighted by atomic mass is 10.2. The summed E-state index contributed by atoms with van der Waals surface area (Å²) in [6.07, 6.45) is -0.440. The minimum atomic E-state index is -0.440. The molecule has 5 nitrogen and oxygen atoms in total. The first kappa shape index (κ1) is 10.8. The van der Waals surface area contributed by atoms with Crippen LogP contribution < -0.4 is 15.4 Å². The van der Waals surface area contributed by atoms with Crippen molar-refractivity contribution in [3.05, 3.63) is 18.2 Å². The Kier molecular flexibility index (Phi) is 2.96. The van der Waals surface area contributed by atoms with E-state index in [1.54, 1.807) is 14.0 Å². The van der Waals surface area contributed by atoms with Gasteiger partial charge in [-0.15, -0.1) is 0 Å². The molecule has 1 aromatic rings. The lowest BCUT2D eigenvalue weighted by Gasteiger charge is -2.23. The molecule has 1 aliphatic heterocycles. The van der Waals surface area contributed by atoms with E-state index >= 15 is 0 Å². The van der Waals surface area contributed by atoms with Gasteiger partial charge in [-0.2, -0.15) is 0 Å². The topological polar surface area (TPSA) is 59.6 Å². The van der Waals surface area contributed by atoms with Crippen LogP contribution in [0.15, 0.2) is 18.2 Å². The summed E-state index contributed by atoms with van der Waals surface area (Å²) >= 11 is 0. The van der Waals surface area contributed by atoms with Crippen molar-refractivity contribution in [3.63, 3.8) is 0 Å². The molecule has 86 valence electrons. The van der Waals surface area contributed by atoms with Gasteiger partial charge in [-0.25, -0.2) is 0 Å². The monoisotopic (exact) mass is 222 g/mol. The smallest absolute Gasteiger partial charge is 0.265 e. The summed E-state index contributed by atoms with van der Waals surface area (Å²) in [6.45, 7) is 2.14. The van der Waals surface area contributed by atoms with Gasteiger partial charge < -0.3 is 20.1 Å². The highest BCUT2D eigenvalue weighted by Gasteiger charge is 2.23. The number of hydrogen-bond acceptors (Lipinski definition) is 4. The number of benzene rings is 1. The molecule has 1 heterocycles. The summed E-state index contributed by atoms with van der Waals surface area (Å²) < 4.78 is 10.3. The number of amides is 1. The molecule has 1 aliphatic rings. The number of carbonyl (C=O) groups is 1. The Morgan fingerprint density at radius 3 is 3.12 bits per heavy atom. The fourth-order valence-electron chi connectivity index (χ4n) is 1.47. The average Bonchev–Trinajstić information content (AvgIpc) is 2.28. The fourth-order valence-corrected chi connectivity index (χ4v) is 1.47. The Balaban J connectivity index is 2.19. The maximum atomic E-state index is 11.4. The summed E-state index contributed by atoms with van der Waals surface area (Å²) in [6, 6.07) is 5.52. The second-order valence-corrected chi connectivity index (χ2v) is 3.57. The van der Waals surface area contributed by atoms with E-state index < -0.39 is 6.10 Å². The molecule has 0 aromatic heterocycles. The summed E-state index contributed by atoms with van der Waals surface area (Å²) in [7, 11) is 1.61. The van der Waals surface area contributed by atoms with E-state index in [9.17, 15) is 4.79 Å².